The van der Waals surface area contributed by atoms with Crippen LogP contribution in [0.1, 0.15) is 11.1 Å². The van der Waals surface area contributed by atoms with E-state index in [0.29, 0.717) is 6.54 Å². The van der Waals surface area contributed by atoms with E-state index in [1.807, 2.05) is 18.2 Å². The van der Waals surface area contributed by atoms with Gasteiger partial charge in [0.1, 0.15) is 0 Å². The van der Waals surface area contributed by atoms with E-state index in [-0.39, 0.29) is 5.91 Å². The van der Waals surface area contributed by atoms with E-state index in [1.165, 1.54) is 11.6 Å². The van der Waals surface area contributed by atoms with Gasteiger partial charge in [0.2, 0.25) is 5.91 Å². The summed E-state index contributed by atoms with van der Waals surface area (Å²) in [7, 11) is 0. The fraction of sp³-hybridized carbons (Fsp3) is 0.250. The second-order valence-corrected chi connectivity index (χ2v) is 4.06. The lowest BCUT2D eigenvalue weighted by Gasteiger charge is -2.28. The van der Waals surface area contributed by atoms with Gasteiger partial charge in [-0.15, -0.1) is 0 Å². The number of fused-ring (bicyclic) bond motifs is 1. The zero-order chi connectivity index (χ0) is 10.8. The molecule has 1 amide bonds. The molecule has 0 N–H and O–H groups in total. The van der Waals surface area contributed by atoms with Crippen LogP contribution in [0.5, 0.6) is 0 Å². The third kappa shape index (κ3) is 2.05. The van der Waals surface area contributed by atoms with E-state index in [9.17, 15) is 4.79 Å². The molecule has 2 nitrogen and oxygen atoms in total. The molecule has 0 unspecified atom stereocenters. The first kappa shape index (κ1) is 10.2. The van der Waals surface area contributed by atoms with E-state index >= 15 is 0 Å². The molecule has 15 heavy (non-hydrogen) atoms. The largest absolute Gasteiger partial charge is 0.335 e. The summed E-state index contributed by atoms with van der Waals surface area (Å²) in [6.45, 7) is 4.90. The lowest BCUT2D eigenvalue weighted by Crippen LogP contribution is -2.34. The van der Waals surface area contributed by atoms with Crippen LogP contribution in [0.3, 0.4) is 0 Å². The Kier molecular flexibility index (Phi) is 2.78. The molecule has 0 aromatic heterocycles. The molecular weight excluding hydrogens is 210 g/mol. The van der Waals surface area contributed by atoms with Crippen molar-refractivity contribution in [2.24, 2.45) is 0 Å². The van der Waals surface area contributed by atoms with Gasteiger partial charge in [-0.2, -0.15) is 0 Å². The highest BCUT2D eigenvalue weighted by atomic mass is 35.5. The van der Waals surface area contributed by atoms with Crippen molar-refractivity contribution in [1.82, 2.24) is 4.90 Å². The first-order valence-electron chi connectivity index (χ1n) is 4.89. The van der Waals surface area contributed by atoms with Gasteiger partial charge in [0.25, 0.3) is 0 Å². The van der Waals surface area contributed by atoms with Crippen molar-refractivity contribution in [1.29, 1.82) is 0 Å². The summed E-state index contributed by atoms with van der Waals surface area (Å²) in [4.78, 5) is 13.2. The predicted octanol–water partition coefficient (Wildman–Crippen LogP) is 2.41. The lowest BCUT2D eigenvalue weighted by molar-refractivity contribution is -0.126. The average Bonchev–Trinajstić information content (AvgIpc) is 2.27. The molecule has 1 aliphatic rings. The first-order chi connectivity index (χ1) is 7.20. The standard InChI is InChI=1S/C12H12ClNO/c1-2-12(15)14-6-5-9-3-4-11(13)7-10(9)8-14/h2-4,7H,1,5-6,8H2. The van der Waals surface area contributed by atoms with Gasteiger partial charge < -0.3 is 4.90 Å². The Morgan fingerprint density at radius 1 is 1.47 bits per heavy atom. The van der Waals surface area contributed by atoms with Gasteiger partial charge in [0.05, 0.1) is 0 Å². The van der Waals surface area contributed by atoms with Crippen LogP contribution in [0.4, 0.5) is 0 Å². The average molecular weight is 222 g/mol. The van der Waals surface area contributed by atoms with E-state index < -0.39 is 0 Å². The van der Waals surface area contributed by atoms with Crippen LogP contribution in [0.25, 0.3) is 0 Å². The molecule has 0 atom stereocenters. The molecule has 0 spiro atoms. The van der Waals surface area contributed by atoms with Crippen molar-refractivity contribution in [3.8, 4) is 0 Å². The third-order valence-electron chi connectivity index (χ3n) is 2.67. The maximum atomic E-state index is 11.4. The van der Waals surface area contributed by atoms with Crippen LogP contribution >= 0.6 is 11.6 Å². The highest BCUT2D eigenvalue weighted by Gasteiger charge is 2.18. The number of halogens is 1. The van der Waals surface area contributed by atoms with Crippen LogP contribution < -0.4 is 0 Å². The summed E-state index contributed by atoms with van der Waals surface area (Å²) in [6.07, 6.45) is 2.25. The van der Waals surface area contributed by atoms with Crippen LogP contribution in [0.15, 0.2) is 30.9 Å². The molecule has 78 valence electrons. The maximum absolute atomic E-state index is 11.4. The number of nitrogens with zero attached hydrogens (tertiary/aromatic N) is 1. The van der Waals surface area contributed by atoms with Gasteiger partial charge >= 0.3 is 0 Å². The van der Waals surface area contributed by atoms with Gasteiger partial charge in [0, 0.05) is 18.1 Å². The number of amides is 1. The second kappa shape index (κ2) is 4.07. The van der Waals surface area contributed by atoms with Crippen LogP contribution in [-0.2, 0) is 17.8 Å². The fourth-order valence-corrected chi connectivity index (χ4v) is 2.04. The molecule has 0 fully saturated rings. The molecule has 0 saturated heterocycles. The lowest BCUT2D eigenvalue weighted by atomic mass is 10.00. The number of benzene rings is 1. The normalized spacial score (nSPS) is 14.6. The van der Waals surface area contributed by atoms with E-state index in [1.54, 1.807) is 4.90 Å². The molecule has 1 aromatic carbocycles. The quantitative estimate of drug-likeness (QED) is 0.667. The van der Waals surface area contributed by atoms with Crippen LogP contribution in [-0.4, -0.2) is 17.4 Å². The second-order valence-electron chi connectivity index (χ2n) is 3.63. The van der Waals surface area contributed by atoms with Crippen LogP contribution in [0.2, 0.25) is 5.02 Å². The molecule has 0 aliphatic carbocycles. The molecule has 1 heterocycles. The van der Waals surface area contributed by atoms with Crippen molar-refractivity contribution in [2.45, 2.75) is 13.0 Å². The SMILES string of the molecule is C=CC(=O)N1CCc2ccc(Cl)cc2C1. The number of hydrogen-bond donors (Lipinski definition) is 0. The minimum atomic E-state index is -0.0133. The zero-order valence-electron chi connectivity index (χ0n) is 8.37. The van der Waals surface area contributed by atoms with Gasteiger partial charge in [-0.05, 0) is 35.8 Å². The van der Waals surface area contributed by atoms with Gasteiger partial charge in [0.15, 0.2) is 0 Å². The Hall–Kier alpha value is -1.28. The smallest absolute Gasteiger partial charge is 0.246 e. The summed E-state index contributed by atoms with van der Waals surface area (Å²) in [6, 6.07) is 5.86. The van der Waals surface area contributed by atoms with E-state index in [4.69, 9.17) is 11.6 Å². The maximum Gasteiger partial charge on any atom is 0.246 e. The van der Waals surface area contributed by atoms with Crippen molar-refractivity contribution < 1.29 is 4.79 Å². The monoisotopic (exact) mass is 221 g/mol. The predicted molar refractivity (Wildman–Crippen MR) is 60.8 cm³/mol. The summed E-state index contributed by atoms with van der Waals surface area (Å²) < 4.78 is 0. The first-order valence-corrected chi connectivity index (χ1v) is 5.27. The minimum Gasteiger partial charge on any atom is -0.335 e. The van der Waals surface area contributed by atoms with Crippen molar-refractivity contribution in [3.05, 3.63) is 47.0 Å². The number of carbonyl (C=O) groups excluding carboxylic acids is 1. The summed E-state index contributed by atoms with van der Waals surface area (Å²) in [5.74, 6) is -0.0133. The Labute approximate surface area is 94.2 Å². The highest BCUT2D eigenvalue weighted by molar-refractivity contribution is 6.30. The molecular formula is C12H12ClNO. The molecule has 1 aromatic rings. The van der Waals surface area contributed by atoms with Crippen LogP contribution in [0, 0.1) is 0 Å². The van der Waals surface area contributed by atoms with Crippen molar-refractivity contribution >= 4 is 17.5 Å². The Morgan fingerprint density at radius 2 is 2.27 bits per heavy atom. The summed E-state index contributed by atoms with van der Waals surface area (Å²) >= 11 is 5.91. The summed E-state index contributed by atoms with van der Waals surface area (Å²) in [5.41, 5.74) is 2.43. The Balaban J connectivity index is 2.25. The number of rotatable bonds is 1. The molecule has 0 radical (unpaired) electrons. The molecule has 0 bridgehead atoms. The van der Waals surface area contributed by atoms with E-state index in [0.717, 1.165) is 23.6 Å². The van der Waals surface area contributed by atoms with Gasteiger partial charge in [-0.3, -0.25) is 4.79 Å². The summed E-state index contributed by atoms with van der Waals surface area (Å²) in [5, 5.41) is 0.724. The van der Waals surface area contributed by atoms with Crippen molar-refractivity contribution in [2.75, 3.05) is 6.54 Å². The van der Waals surface area contributed by atoms with Crippen molar-refractivity contribution in [3.63, 3.8) is 0 Å². The molecule has 0 saturated carbocycles. The zero-order valence-corrected chi connectivity index (χ0v) is 9.13. The number of carbonyl (C=O) groups is 1. The fourth-order valence-electron chi connectivity index (χ4n) is 1.84. The van der Waals surface area contributed by atoms with Gasteiger partial charge in [-0.1, -0.05) is 24.2 Å². The molecule has 3 heteroatoms. The molecule has 1 aliphatic heterocycles. The van der Waals surface area contributed by atoms with E-state index in [2.05, 4.69) is 6.58 Å². The number of hydrogen-bond acceptors (Lipinski definition) is 1. The Bertz CT molecular complexity index is 414. The Morgan fingerprint density at radius 3 is 3.00 bits per heavy atom. The molecule has 2 rings (SSSR count). The topological polar surface area (TPSA) is 20.3 Å². The van der Waals surface area contributed by atoms with Gasteiger partial charge in [-0.25, -0.2) is 0 Å². The minimum absolute atomic E-state index is 0.0133. The third-order valence-corrected chi connectivity index (χ3v) is 2.90. The highest BCUT2D eigenvalue weighted by Crippen LogP contribution is 2.22.